The summed E-state index contributed by atoms with van der Waals surface area (Å²) in [6, 6.07) is 17.8. The van der Waals surface area contributed by atoms with Crippen LogP contribution in [-0.2, 0) is 11.3 Å². The third-order valence-electron chi connectivity index (χ3n) is 7.55. The number of ether oxygens (including phenoxy) is 6. The number of hydrogen-bond donors (Lipinski definition) is 1. The van der Waals surface area contributed by atoms with Gasteiger partial charge in [0.25, 0.3) is 11.1 Å². The fourth-order valence-electron chi connectivity index (χ4n) is 5.43. The van der Waals surface area contributed by atoms with E-state index in [9.17, 15) is 14.4 Å². The lowest BCUT2D eigenvalue weighted by molar-refractivity contribution is 0.0591. The highest BCUT2D eigenvalue weighted by Crippen LogP contribution is 2.43. The molecule has 12 heteroatoms. The van der Waals surface area contributed by atoms with Gasteiger partial charge in [-0.15, -0.1) is 0 Å². The molecule has 0 atom stereocenters. The lowest BCUT2D eigenvalue weighted by Crippen LogP contribution is -2.32. The van der Waals surface area contributed by atoms with E-state index in [1.807, 2.05) is 0 Å². The van der Waals surface area contributed by atoms with E-state index < -0.39 is 17.1 Å². The Morgan fingerprint density at radius 2 is 1.35 bits per heavy atom. The minimum atomic E-state index is -0.796. The van der Waals surface area contributed by atoms with Gasteiger partial charge in [0.2, 0.25) is 5.75 Å². The van der Waals surface area contributed by atoms with E-state index in [2.05, 4.69) is 0 Å². The number of aromatic nitrogens is 2. The van der Waals surface area contributed by atoms with E-state index in [1.54, 1.807) is 54.6 Å². The van der Waals surface area contributed by atoms with Crippen LogP contribution in [0.4, 0.5) is 5.69 Å². The second-order valence-corrected chi connectivity index (χ2v) is 10.1. The van der Waals surface area contributed by atoms with Gasteiger partial charge in [-0.05, 0) is 65.7 Å². The molecule has 0 radical (unpaired) electrons. The Morgan fingerprint density at radius 3 is 1.87 bits per heavy atom. The molecule has 0 bridgehead atoms. The molecule has 46 heavy (non-hydrogen) atoms. The molecule has 3 aromatic carbocycles. The Kier molecular flexibility index (Phi) is 8.89. The number of carbonyl (C=O) groups excluding carboxylic acids is 1. The van der Waals surface area contributed by atoms with Gasteiger partial charge in [-0.25, -0.2) is 4.79 Å². The fourth-order valence-corrected chi connectivity index (χ4v) is 5.43. The molecule has 0 fully saturated rings. The second-order valence-electron chi connectivity index (χ2n) is 10.1. The van der Waals surface area contributed by atoms with E-state index in [1.165, 1.54) is 63.9 Å². The third kappa shape index (κ3) is 5.56. The van der Waals surface area contributed by atoms with E-state index >= 15 is 0 Å². The van der Waals surface area contributed by atoms with Gasteiger partial charge in [0.15, 0.2) is 11.5 Å². The summed E-state index contributed by atoms with van der Waals surface area (Å²) in [5.74, 6) is 1.16. The van der Waals surface area contributed by atoms with Crippen LogP contribution < -0.4 is 40.5 Å². The SMILES string of the molecule is COC(=O)c1c(-c2cc(OC)c(OC)c(OC)c2)c2ccc(=O)n(Cc3cc(OC)cc(OC)c3)c2c(=O)n1-c1ccc(N)cc1. The van der Waals surface area contributed by atoms with Crippen molar-refractivity contribution in [3.8, 4) is 45.6 Å². The number of methoxy groups -OCH3 is 6. The quantitative estimate of drug-likeness (QED) is 0.176. The van der Waals surface area contributed by atoms with Crippen molar-refractivity contribution in [3.63, 3.8) is 0 Å². The number of fused-ring (bicyclic) bond motifs is 1. The van der Waals surface area contributed by atoms with E-state index in [-0.39, 0.29) is 23.3 Å². The number of benzene rings is 3. The first-order chi connectivity index (χ1) is 22.2. The molecule has 5 rings (SSSR count). The van der Waals surface area contributed by atoms with E-state index in [0.717, 1.165) is 0 Å². The highest BCUT2D eigenvalue weighted by Gasteiger charge is 2.28. The molecule has 0 saturated carbocycles. The van der Waals surface area contributed by atoms with Crippen molar-refractivity contribution < 1.29 is 33.2 Å². The number of nitrogens with two attached hydrogens (primary N) is 1. The van der Waals surface area contributed by atoms with Crippen molar-refractivity contribution in [2.24, 2.45) is 0 Å². The average molecular weight is 628 g/mol. The fraction of sp³-hybridized carbons (Fsp3) is 0.206. The minimum absolute atomic E-state index is 0.0209. The predicted octanol–water partition coefficient (Wildman–Crippen LogP) is 4.28. The number of rotatable bonds is 10. The van der Waals surface area contributed by atoms with Crippen molar-refractivity contribution in [1.29, 1.82) is 0 Å². The summed E-state index contributed by atoms with van der Waals surface area (Å²) in [7, 11) is 8.67. The van der Waals surface area contributed by atoms with E-state index in [0.29, 0.717) is 56.6 Å². The zero-order chi connectivity index (χ0) is 33.1. The zero-order valence-corrected chi connectivity index (χ0v) is 26.2. The molecule has 0 unspecified atom stereocenters. The van der Waals surface area contributed by atoms with Gasteiger partial charge in [0, 0.05) is 34.5 Å². The number of carbonyl (C=O) groups is 1. The van der Waals surface area contributed by atoms with Crippen LogP contribution >= 0.6 is 0 Å². The molecule has 0 aliphatic heterocycles. The van der Waals surface area contributed by atoms with Crippen molar-refractivity contribution >= 4 is 22.6 Å². The van der Waals surface area contributed by atoms with Gasteiger partial charge in [-0.3, -0.25) is 18.7 Å². The summed E-state index contributed by atoms with van der Waals surface area (Å²) in [6.07, 6.45) is 0. The number of pyridine rings is 2. The highest BCUT2D eigenvalue weighted by atomic mass is 16.5. The van der Waals surface area contributed by atoms with Crippen LogP contribution in [0.25, 0.3) is 27.7 Å². The van der Waals surface area contributed by atoms with Crippen LogP contribution in [0.5, 0.6) is 28.7 Å². The predicted molar refractivity (Wildman–Crippen MR) is 173 cm³/mol. The van der Waals surface area contributed by atoms with Gasteiger partial charge in [-0.2, -0.15) is 0 Å². The molecule has 238 valence electrons. The third-order valence-corrected chi connectivity index (χ3v) is 7.55. The summed E-state index contributed by atoms with van der Waals surface area (Å²) >= 11 is 0. The number of nitrogen functional groups attached to an aromatic ring is 1. The van der Waals surface area contributed by atoms with Crippen LogP contribution in [0, 0.1) is 0 Å². The number of hydrogen-bond acceptors (Lipinski definition) is 10. The maximum Gasteiger partial charge on any atom is 0.355 e. The Bertz CT molecular complexity index is 2020. The molecule has 0 spiro atoms. The molecule has 2 aromatic heterocycles. The standard InChI is InChI=1S/C34H33N3O9/c1-41-23-13-19(14-24(17-23)42-2)18-36-28(38)12-11-25-29(20-15-26(43-3)32(45-5)27(16-20)44-4)31(34(40)46-6)37(33(39)30(25)36)22-9-7-21(35)8-10-22/h7-17H,18,35H2,1-6H3. The Labute approximate surface area is 264 Å². The Morgan fingerprint density at radius 1 is 0.739 bits per heavy atom. The first kappa shape index (κ1) is 31.5. The smallest absolute Gasteiger partial charge is 0.355 e. The number of anilines is 1. The monoisotopic (exact) mass is 627 g/mol. The Balaban J connectivity index is 1.99. The van der Waals surface area contributed by atoms with E-state index in [4.69, 9.17) is 34.2 Å². The number of esters is 1. The molecule has 5 aromatic rings. The summed E-state index contributed by atoms with van der Waals surface area (Å²) in [5, 5.41) is 0.306. The minimum Gasteiger partial charge on any atom is -0.497 e. The molecular formula is C34H33N3O9. The maximum absolute atomic E-state index is 14.6. The molecule has 0 amide bonds. The molecule has 0 saturated heterocycles. The average Bonchev–Trinajstić information content (AvgIpc) is 3.08. The topological polar surface area (TPSA) is 142 Å². The molecule has 2 N–H and O–H groups in total. The first-order valence-corrected chi connectivity index (χ1v) is 14.0. The second kappa shape index (κ2) is 13.0. The van der Waals surface area contributed by atoms with Crippen LogP contribution in [0.1, 0.15) is 16.1 Å². The van der Waals surface area contributed by atoms with Gasteiger partial charge in [-0.1, -0.05) is 0 Å². The van der Waals surface area contributed by atoms with Crippen molar-refractivity contribution in [2.75, 3.05) is 48.4 Å². The summed E-state index contributed by atoms with van der Waals surface area (Å²) in [5.41, 5.74) is 6.94. The van der Waals surface area contributed by atoms with Crippen LogP contribution in [0.2, 0.25) is 0 Å². The molecule has 0 aliphatic rings. The van der Waals surface area contributed by atoms with Crippen molar-refractivity contribution in [1.82, 2.24) is 9.13 Å². The largest absolute Gasteiger partial charge is 0.497 e. The van der Waals surface area contributed by atoms with Crippen molar-refractivity contribution in [3.05, 3.63) is 98.7 Å². The molecular weight excluding hydrogens is 594 g/mol. The van der Waals surface area contributed by atoms with Crippen LogP contribution in [-0.4, -0.2) is 57.8 Å². The van der Waals surface area contributed by atoms with Gasteiger partial charge in [0.05, 0.1) is 49.2 Å². The van der Waals surface area contributed by atoms with Gasteiger partial charge < -0.3 is 34.2 Å². The summed E-state index contributed by atoms with van der Waals surface area (Å²) in [6.45, 7) is -0.0209. The normalized spacial score (nSPS) is 10.8. The Hall–Kier alpha value is -5.91. The van der Waals surface area contributed by atoms with Crippen molar-refractivity contribution in [2.45, 2.75) is 6.54 Å². The maximum atomic E-state index is 14.6. The highest BCUT2D eigenvalue weighted by molar-refractivity contribution is 6.07. The lowest BCUT2D eigenvalue weighted by atomic mass is 9.96. The van der Waals surface area contributed by atoms with Gasteiger partial charge in [0.1, 0.15) is 22.7 Å². The van der Waals surface area contributed by atoms with Crippen LogP contribution in [0.15, 0.2) is 76.3 Å². The summed E-state index contributed by atoms with van der Waals surface area (Å²) < 4.78 is 35.4. The number of nitrogens with zero attached hydrogens (tertiary/aromatic N) is 2. The summed E-state index contributed by atoms with van der Waals surface area (Å²) in [4.78, 5) is 41.9. The zero-order valence-electron chi connectivity index (χ0n) is 26.2. The lowest BCUT2D eigenvalue weighted by Gasteiger charge is -2.22. The van der Waals surface area contributed by atoms with Crippen LogP contribution in [0.3, 0.4) is 0 Å². The van der Waals surface area contributed by atoms with Gasteiger partial charge >= 0.3 is 5.97 Å². The molecule has 0 aliphatic carbocycles. The first-order valence-electron chi connectivity index (χ1n) is 14.0. The molecule has 12 nitrogen and oxygen atoms in total. The molecule has 2 heterocycles.